The van der Waals surface area contributed by atoms with E-state index in [0.29, 0.717) is 37.2 Å². The van der Waals surface area contributed by atoms with Gasteiger partial charge < -0.3 is 20.3 Å². The molecule has 0 aliphatic carbocycles. The maximum Gasteiger partial charge on any atom is 0.137 e. The number of nitrogens with one attached hydrogen (secondary N) is 1. The van der Waals surface area contributed by atoms with Crippen LogP contribution in [0.4, 0.5) is 0 Å². The summed E-state index contributed by atoms with van der Waals surface area (Å²) in [6.45, 7) is 4.73. The molecule has 0 amide bonds. The van der Waals surface area contributed by atoms with E-state index in [2.05, 4.69) is 5.32 Å². The van der Waals surface area contributed by atoms with Crippen molar-refractivity contribution >= 4 is 0 Å². The van der Waals surface area contributed by atoms with Gasteiger partial charge in [0.1, 0.15) is 24.5 Å². The van der Waals surface area contributed by atoms with E-state index in [9.17, 15) is 10.2 Å². The molecule has 5 nitrogen and oxygen atoms in total. The van der Waals surface area contributed by atoms with Crippen LogP contribution in [-0.2, 0) is 0 Å². The van der Waals surface area contributed by atoms with Gasteiger partial charge in [-0.05, 0) is 25.0 Å². The number of benzene rings is 1. The summed E-state index contributed by atoms with van der Waals surface area (Å²) in [7, 11) is 0. The highest BCUT2D eigenvalue weighted by molar-refractivity contribution is 5.42. The van der Waals surface area contributed by atoms with Crippen LogP contribution in [0, 0.1) is 11.3 Å². The molecule has 3 N–H and O–H groups in total. The molecule has 1 aromatic carbocycles. The summed E-state index contributed by atoms with van der Waals surface area (Å²) in [5, 5.41) is 32.0. The van der Waals surface area contributed by atoms with E-state index in [1.54, 1.807) is 24.3 Å². The summed E-state index contributed by atoms with van der Waals surface area (Å²) in [5.74, 6) is 0.470. The van der Waals surface area contributed by atoms with Crippen LogP contribution in [0.2, 0.25) is 0 Å². The zero-order valence-electron chi connectivity index (χ0n) is 12.7. The van der Waals surface area contributed by atoms with E-state index in [-0.39, 0.29) is 6.61 Å². The second-order valence-corrected chi connectivity index (χ2v) is 5.14. The Kier molecular flexibility index (Phi) is 7.17. The topological polar surface area (TPSA) is 85.5 Å². The SMILES string of the molecule is CCC(O)(CC)CNCC(O)COc1ccccc1C#N. The maximum absolute atomic E-state index is 10.1. The van der Waals surface area contributed by atoms with Gasteiger partial charge in [0, 0.05) is 13.1 Å². The minimum atomic E-state index is -0.728. The molecule has 0 spiro atoms. The van der Waals surface area contributed by atoms with E-state index in [1.807, 2.05) is 19.9 Å². The Morgan fingerprint density at radius 2 is 2.00 bits per heavy atom. The van der Waals surface area contributed by atoms with Crippen molar-refractivity contribution in [1.82, 2.24) is 5.32 Å². The van der Waals surface area contributed by atoms with Gasteiger partial charge in [-0.2, -0.15) is 5.26 Å². The fourth-order valence-electron chi connectivity index (χ4n) is 1.90. The average molecular weight is 292 g/mol. The highest BCUT2D eigenvalue weighted by atomic mass is 16.5. The summed E-state index contributed by atoms with van der Waals surface area (Å²) in [4.78, 5) is 0. The lowest BCUT2D eigenvalue weighted by Crippen LogP contribution is -2.43. The van der Waals surface area contributed by atoms with Crippen molar-refractivity contribution in [2.45, 2.75) is 38.4 Å². The third-order valence-electron chi connectivity index (χ3n) is 3.59. The largest absolute Gasteiger partial charge is 0.489 e. The van der Waals surface area contributed by atoms with Crippen molar-refractivity contribution in [1.29, 1.82) is 5.26 Å². The van der Waals surface area contributed by atoms with Crippen LogP contribution in [0.15, 0.2) is 24.3 Å². The van der Waals surface area contributed by atoms with Crippen molar-refractivity contribution in [2.75, 3.05) is 19.7 Å². The Morgan fingerprint density at radius 1 is 1.33 bits per heavy atom. The van der Waals surface area contributed by atoms with Gasteiger partial charge in [0.25, 0.3) is 0 Å². The Balaban J connectivity index is 2.35. The molecule has 0 saturated heterocycles. The molecular weight excluding hydrogens is 268 g/mol. The zero-order valence-corrected chi connectivity index (χ0v) is 12.7. The third kappa shape index (κ3) is 5.72. The van der Waals surface area contributed by atoms with Crippen LogP contribution >= 0.6 is 0 Å². The fraction of sp³-hybridized carbons (Fsp3) is 0.562. The molecule has 21 heavy (non-hydrogen) atoms. The molecule has 1 rings (SSSR count). The predicted octanol–water partition coefficient (Wildman–Crippen LogP) is 1.44. The van der Waals surface area contributed by atoms with Gasteiger partial charge in [-0.15, -0.1) is 0 Å². The summed E-state index contributed by atoms with van der Waals surface area (Å²) in [6, 6.07) is 8.96. The monoisotopic (exact) mass is 292 g/mol. The first kappa shape index (κ1) is 17.4. The zero-order chi connectivity index (χ0) is 15.7. The molecule has 1 atom stereocenters. The molecule has 0 heterocycles. The van der Waals surface area contributed by atoms with E-state index < -0.39 is 11.7 Å². The van der Waals surface area contributed by atoms with Gasteiger partial charge >= 0.3 is 0 Å². The van der Waals surface area contributed by atoms with Crippen LogP contribution in [0.5, 0.6) is 5.75 Å². The minimum Gasteiger partial charge on any atom is -0.489 e. The van der Waals surface area contributed by atoms with Crippen LogP contribution in [0.25, 0.3) is 0 Å². The lowest BCUT2D eigenvalue weighted by Gasteiger charge is -2.26. The molecule has 0 bridgehead atoms. The number of hydrogen-bond acceptors (Lipinski definition) is 5. The normalized spacial score (nSPS) is 12.7. The van der Waals surface area contributed by atoms with Crippen LogP contribution < -0.4 is 10.1 Å². The lowest BCUT2D eigenvalue weighted by molar-refractivity contribution is 0.0270. The molecule has 0 saturated carbocycles. The van der Waals surface area contributed by atoms with Gasteiger partial charge in [-0.1, -0.05) is 26.0 Å². The van der Waals surface area contributed by atoms with Crippen molar-refractivity contribution in [2.24, 2.45) is 0 Å². The number of nitrogens with zero attached hydrogens (tertiary/aromatic N) is 1. The van der Waals surface area contributed by atoms with E-state index in [4.69, 9.17) is 10.00 Å². The first-order chi connectivity index (χ1) is 10.0. The van der Waals surface area contributed by atoms with Crippen LogP contribution in [-0.4, -0.2) is 41.6 Å². The Bertz CT molecular complexity index is 467. The Morgan fingerprint density at radius 3 is 2.62 bits per heavy atom. The Labute approximate surface area is 126 Å². The average Bonchev–Trinajstić information content (AvgIpc) is 2.52. The van der Waals surface area contributed by atoms with Crippen molar-refractivity contribution in [3.63, 3.8) is 0 Å². The number of ether oxygens (including phenoxy) is 1. The van der Waals surface area contributed by atoms with Gasteiger partial charge in [-0.3, -0.25) is 0 Å². The van der Waals surface area contributed by atoms with Gasteiger partial charge in [0.2, 0.25) is 0 Å². The molecule has 5 heteroatoms. The second-order valence-electron chi connectivity index (χ2n) is 5.14. The summed E-state index contributed by atoms with van der Waals surface area (Å²) < 4.78 is 5.45. The number of para-hydroxylation sites is 1. The molecule has 0 fully saturated rings. The van der Waals surface area contributed by atoms with Crippen molar-refractivity contribution in [3.8, 4) is 11.8 Å². The van der Waals surface area contributed by atoms with Crippen LogP contribution in [0.3, 0.4) is 0 Å². The van der Waals surface area contributed by atoms with Crippen molar-refractivity contribution in [3.05, 3.63) is 29.8 Å². The highest BCUT2D eigenvalue weighted by Crippen LogP contribution is 2.16. The predicted molar refractivity (Wildman–Crippen MR) is 81.1 cm³/mol. The number of hydrogen-bond donors (Lipinski definition) is 3. The number of rotatable bonds is 9. The highest BCUT2D eigenvalue weighted by Gasteiger charge is 2.21. The van der Waals surface area contributed by atoms with E-state index in [0.717, 1.165) is 0 Å². The van der Waals surface area contributed by atoms with Crippen LogP contribution in [0.1, 0.15) is 32.3 Å². The molecule has 0 radical (unpaired) electrons. The molecule has 0 aliphatic rings. The number of aliphatic hydroxyl groups excluding tert-OH is 1. The summed E-state index contributed by atoms with van der Waals surface area (Å²) >= 11 is 0. The van der Waals surface area contributed by atoms with E-state index >= 15 is 0 Å². The lowest BCUT2D eigenvalue weighted by atomic mass is 9.97. The summed E-state index contributed by atoms with van der Waals surface area (Å²) in [5.41, 5.74) is -0.280. The van der Waals surface area contributed by atoms with Gasteiger partial charge in [-0.25, -0.2) is 0 Å². The quantitative estimate of drug-likeness (QED) is 0.641. The second kappa shape index (κ2) is 8.63. The Hall–Kier alpha value is -1.61. The van der Waals surface area contributed by atoms with E-state index in [1.165, 1.54) is 0 Å². The summed E-state index contributed by atoms with van der Waals surface area (Å²) in [6.07, 6.45) is 0.631. The maximum atomic E-state index is 10.1. The first-order valence-electron chi connectivity index (χ1n) is 7.27. The van der Waals surface area contributed by atoms with Gasteiger partial charge in [0.05, 0.1) is 11.2 Å². The standard InChI is InChI=1S/C16H24N2O3/c1-3-16(20,4-2)12-18-10-14(19)11-21-15-8-6-5-7-13(15)9-17/h5-8,14,18-20H,3-4,10-12H2,1-2H3. The molecular formula is C16H24N2O3. The molecule has 1 unspecified atom stereocenters. The van der Waals surface area contributed by atoms with Crippen molar-refractivity contribution < 1.29 is 14.9 Å². The molecule has 116 valence electrons. The number of aliphatic hydroxyl groups is 2. The molecule has 0 aromatic heterocycles. The first-order valence-corrected chi connectivity index (χ1v) is 7.27. The third-order valence-corrected chi connectivity index (χ3v) is 3.59. The molecule has 1 aromatic rings. The smallest absolute Gasteiger partial charge is 0.137 e. The minimum absolute atomic E-state index is 0.0996. The van der Waals surface area contributed by atoms with Gasteiger partial charge in [0.15, 0.2) is 0 Å². The molecule has 0 aliphatic heterocycles. The number of nitriles is 1. The fourth-order valence-corrected chi connectivity index (χ4v) is 1.90.